The Morgan fingerprint density at radius 2 is 0.984 bits per heavy atom. The van der Waals surface area contributed by atoms with Crippen molar-refractivity contribution in [2.45, 2.75) is 282 Å². The van der Waals surface area contributed by atoms with E-state index >= 15 is 0 Å². The molecule has 11 heteroatoms. The molecule has 0 bridgehead atoms. The second kappa shape index (κ2) is 40.0. The molecule has 7 N–H and O–H groups in total. The number of hydrogen-bond acceptors (Lipinski definition) is 9. The highest BCUT2D eigenvalue weighted by atomic mass is 16.7. The zero-order valence-electron chi connectivity index (χ0n) is 39.3. The lowest BCUT2D eigenvalue weighted by molar-refractivity contribution is -0.316. The van der Waals surface area contributed by atoms with Crippen molar-refractivity contribution < 1.29 is 44.6 Å². The van der Waals surface area contributed by atoms with E-state index in [-0.39, 0.29) is 24.8 Å². The van der Waals surface area contributed by atoms with Gasteiger partial charge in [-0.2, -0.15) is 0 Å². The molecule has 6 unspecified atom stereocenters. The van der Waals surface area contributed by atoms with Gasteiger partial charge in [0.1, 0.15) is 30.5 Å². The Morgan fingerprint density at radius 1 is 0.574 bits per heavy atom. The highest BCUT2D eigenvalue weighted by Gasteiger charge is 2.46. The van der Waals surface area contributed by atoms with E-state index in [1.54, 1.807) is 6.42 Å². The number of carbonyl (C=O) groups is 2. The van der Waals surface area contributed by atoms with Gasteiger partial charge in [-0.25, -0.2) is 0 Å². The third kappa shape index (κ3) is 31.0. The van der Waals surface area contributed by atoms with E-state index in [0.29, 0.717) is 12.8 Å². The molecular weight excluding hydrogens is 773 g/mol. The maximum absolute atomic E-state index is 13.1. The minimum absolute atomic E-state index is 0.160. The third-order valence-corrected chi connectivity index (χ3v) is 12.1. The summed E-state index contributed by atoms with van der Waals surface area (Å²) in [4.78, 5) is 24.6. The van der Waals surface area contributed by atoms with Crippen LogP contribution in [0, 0.1) is 6.42 Å². The molecule has 2 amide bonds. The first kappa shape index (κ1) is 57.4. The molecule has 0 aromatic rings. The molecule has 8 atom stereocenters. The summed E-state index contributed by atoms with van der Waals surface area (Å²) in [5, 5.41) is 59.0. The van der Waals surface area contributed by atoms with Crippen molar-refractivity contribution in [2.24, 2.45) is 0 Å². The number of aliphatic hydroxyl groups excluding tert-OH is 5. The molecule has 359 valence electrons. The summed E-state index contributed by atoms with van der Waals surface area (Å²) in [6.07, 6.45) is 32.9. The first-order chi connectivity index (χ1) is 29.6. The predicted octanol–water partition coefficient (Wildman–Crippen LogP) is 9.78. The van der Waals surface area contributed by atoms with Gasteiger partial charge >= 0.3 is 0 Å². The molecule has 1 rings (SSSR count). The highest BCUT2D eigenvalue weighted by molar-refractivity contribution is 5.76. The number of unbranched alkanes of at least 4 members (excludes halogenated alkanes) is 29. The molecule has 0 aromatic carbocycles. The van der Waals surface area contributed by atoms with Crippen molar-refractivity contribution in [1.29, 1.82) is 0 Å². The van der Waals surface area contributed by atoms with E-state index in [9.17, 15) is 35.1 Å². The van der Waals surface area contributed by atoms with Gasteiger partial charge in [0.05, 0.1) is 6.10 Å². The van der Waals surface area contributed by atoms with Crippen molar-refractivity contribution in [3.05, 3.63) is 18.6 Å². The Labute approximate surface area is 373 Å². The Hall–Kier alpha value is -1.60. The molecule has 0 spiro atoms. The van der Waals surface area contributed by atoms with Gasteiger partial charge in [-0.15, -0.1) is 0 Å². The lowest BCUT2D eigenvalue weighted by Gasteiger charge is -2.42. The largest absolute Gasteiger partial charge is 0.390 e. The number of allylic oxidation sites excluding steroid dienone is 2. The SMILES string of the molecule is CCCCCCCC/C=C\CCCCCCCCCCCCCC(=O)N[C@@H](OC1OC(CNC(C)=O)C(O)C(O)C1O)C(O)[C@H](O)[CH]CCCCCCCCCCCCCC. The van der Waals surface area contributed by atoms with Crippen LogP contribution in [0.4, 0.5) is 0 Å². The van der Waals surface area contributed by atoms with Crippen LogP contribution in [-0.2, 0) is 19.1 Å². The van der Waals surface area contributed by atoms with E-state index in [4.69, 9.17) is 9.47 Å². The summed E-state index contributed by atoms with van der Waals surface area (Å²) in [6, 6.07) is 0. The van der Waals surface area contributed by atoms with Crippen LogP contribution in [0.25, 0.3) is 0 Å². The van der Waals surface area contributed by atoms with Gasteiger partial charge in [0.25, 0.3) is 0 Å². The fraction of sp³-hybridized carbons (Fsp3) is 0.900. The standard InChI is InChI=1S/C50H95N2O9/c1-4-6-8-10-12-14-16-18-19-20-21-22-23-24-25-27-29-31-33-35-37-39-44(55)52-49(61-50-48(59)47(58)46(57)43(60-50)40-51-41(3)53)45(56)42(54)38-36-34-32-30-28-26-17-15-13-11-9-7-5-2/h18-19,38,42-43,45-50,54,56-59H,4-17,20-37,39-40H2,1-3H3,(H,51,53)(H,52,55)/b19-18-/t42-,43?,45?,46?,47?,48?,49+,50?/m1/s1. The zero-order valence-corrected chi connectivity index (χ0v) is 39.3. The van der Waals surface area contributed by atoms with E-state index < -0.39 is 49.1 Å². The first-order valence-corrected chi connectivity index (χ1v) is 25.4. The number of rotatable bonds is 42. The molecule has 1 heterocycles. The number of hydrogen-bond donors (Lipinski definition) is 7. The van der Waals surface area contributed by atoms with Gasteiger partial charge in [0.2, 0.25) is 11.8 Å². The van der Waals surface area contributed by atoms with E-state index in [2.05, 4.69) is 36.6 Å². The smallest absolute Gasteiger partial charge is 0.222 e. The van der Waals surface area contributed by atoms with Crippen molar-refractivity contribution in [1.82, 2.24) is 10.6 Å². The summed E-state index contributed by atoms with van der Waals surface area (Å²) >= 11 is 0. The predicted molar refractivity (Wildman–Crippen MR) is 248 cm³/mol. The van der Waals surface area contributed by atoms with Crippen LogP contribution in [-0.4, -0.2) is 93.0 Å². The van der Waals surface area contributed by atoms with Crippen molar-refractivity contribution in [3.63, 3.8) is 0 Å². The van der Waals surface area contributed by atoms with Crippen LogP contribution in [0.1, 0.15) is 233 Å². The molecule has 1 fully saturated rings. The fourth-order valence-electron chi connectivity index (χ4n) is 8.03. The topological polar surface area (TPSA) is 178 Å². The van der Waals surface area contributed by atoms with Gasteiger partial charge in [0.15, 0.2) is 12.5 Å². The first-order valence-electron chi connectivity index (χ1n) is 25.4. The average Bonchev–Trinajstić information content (AvgIpc) is 3.24. The van der Waals surface area contributed by atoms with Crippen molar-refractivity contribution in [2.75, 3.05) is 6.54 Å². The molecule has 61 heavy (non-hydrogen) atoms. The van der Waals surface area contributed by atoms with E-state index in [1.165, 1.54) is 161 Å². The number of amides is 2. The second-order valence-corrected chi connectivity index (χ2v) is 17.9. The monoisotopic (exact) mass is 868 g/mol. The molecule has 0 saturated carbocycles. The highest BCUT2D eigenvalue weighted by Crippen LogP contribution is 2.25. The lowest BCUT2D eigenvalue weighted by Crippen LogP contribution is -2.63. The van der Waals surface area contributed by atoms with E-state index in [1.807, 2.05) is 0 Å². The van der Waals surface area contributed by atoms with Crippen LogP contribution >= 0.6 is 0 Å². The molecule has 1 radical (unpaired) electrons. The van der Waals surface area contributed by atoms with Gasteiger partial charge in [-0.3, -0.25) is 9.59 Å². The lowest BCUT2D eigenvalue weighted by atomic mass is 9.98. The van der Waals surface area contributed by atoms with Crippen LogP contribution in [0.15, 0.2) is 12.2 Å². The third-order valence-electron chi connectivity index (χ3n) is 12.1. The Bertz CT molecular complexity index is 1050. The summed E-state index contributed by atoms with van der Waals surface area (Å²) in [5.74, 6) is -0.758. The minimum Gasteiger partial charge on any atom is -0.390 e. The maximum Gasteiger partial charge on any atom is 0.222 e. The van der Waals surface area contributed by atoms with Crippen LogP contribution in [0.3, 0.4) is 0 Å². The van der Waals surface area contributed by atoms with Crippen molar-refractivity contribution in [3.8, 4) is 0 Å². The molecule has 1 aliphatic heterocycles. The Morgan fingerprint density at radius 3 is 1.43 bits per heavy atom. The van der Waals surface area contributed by atoms with Crippen LogP contribution in [0.5, 0.6) is 0 Å². The fourth-order valence-corrected chi connectivity index (χ4v) is 8.03. The molecule has 11 nitrogen and oxygen atoms in total. The number of aliphatic hydroxyl groups is 5. The summed E-state index contributed by atoms with van der Waals surface area (Å²) in [6.45, 7) is 5.64. The molecule has 1 aliphatic rings. The average molecular weight is 868 g/mol. The second-order valence-electron chi connectivity index (χ2n) is 17.9. The molecule has 0 aromatic heterocycles. The number of nitrogens with one attached hydrogen (secondary N) is 2. The normalized spacial score (nSPS) is 20.8. The molecular formula is C50H95N2O9. The van der Waals surface area contributed by atoms with Gasteiger partial charge in [-0.1, -0.05) is 193 Å². The number of carbonyl (C=O) groups excluding carboxylic acids is 2. The summed E-state index contributed by atoms with van der Waals surface area (Å²) < 4.78 is 11.6. The molecule has 0 aliphatic carbocycles. The van der Waals surface area contributed by atoms with Crippen LogP contribution < -0.4 is 10.6 Å². The van der Waals surface area contributed by atoms with Crippen LogP contribution in [0.2, 0.25) is 0 Å². The van der Waals surface area contributed by atoms with Gasteiger partial charge in [-0.05, 0) is 44.9 Å². The number of ether oxygens (including phenoxy) is 2. The Kier molecular flexibility index (Phi) is 37.6. The summed E-state index contributed by atoms with van der Waals surface area (Å²) in [7, 11) is 0. The van der Waals surface area contributed by atoms with Gasteiger partial charge in [0, 0.05) is 19.9 Å². The molecule has 1 saturated heterocycles. The zero-order chi connectivity index (χ0) is 44.8. The van der Waals surface area contributed by atoms with E-state index in [0.717, 1.165) is 38.5 Å². The van der Waals surface area contributed by atoms with Crippen molar-refractivity contribution >= 4 is 11.8 Å². The van der Waals surface area contributed by atoms with Gasteiger partial charge < -0.3 is 45.6 Å². The summed E-state index contributed by atoms with van der Waals surface area (Å²) in [5.41, 5.74) is 0. The minimum atomic E-state index is -1.72. The quantitative estimate of drug-likeness (QED) is 0.0179. The Balaban J connectivity index is 2.42. The maximum atomic E-state index is 13.1.